The average Bonchev–Trinajstić information content (AvgIpc) is 3.05. The van der Waals surface area contributed by atoms with Crippen LogP contribution in [0.4, 0.5) is 0 Å². The van der Waals surface area contributed by atoms with E-state index in [1.165, 1.54) is 15.8 Å². The van der Waals surface area contributed by atoms with Crippen molar-refractivity contribution in [2.45, 2.75) is 6.10 Å². The van der Waals surface area contributed by atoms with Crippen LogP contribution in [0.5, 0.6) is 0 Å². The SMILES string of the molecule is O=C(O)[C@H]1CN(C(=O)c2cn(-c3ccccc3)nn2)CCO1. The van der Waals surface area contributed by atoms with Crippen molar-refractivity contribution < 1.29 is 19.4 Å². The highest BCUT2D eigenvalue weighted by Crippen LogP contribution is 2.11. The number of carboxylic acids is 1. The van der Waals surface area contributed by atoms with Crippen LogP contribution in [0.15, 0.2) is 36.5 Å². The van der Waals surface area contributed by atoms with E-state index in [1.54, 1.807) is 0 Å². The van der Waals surface area contributed by atoms with Gasteiger partial charge in [0.15, 0.2) is 11.8 Å². The van der Waals surface area contributed by atoms with Gasteiger partial charge in [-0.1, -0.05) is 23.4 Å². The summed E-state index contributed by atoms with van der Waals surface area (Å²) in [5.41, 5.74) is 0.967. The first-order valence-corrected chi connectivity index (χ1v) is 6.76. The second-order valence-corrected chi connectivity index (χ2v) is 4.83. The number of carboxylic acid groups (broad SMARTS) is 1. The minimum atomic E-state index is -1.08. The Morgan fingerprint density at radius 2 is 2.05 bits per heavy atom. The van der Waals surface area contributed by atoms with Gasteiger partial charge in [-0.15, -0.1) is 5.10 Å². The van der Waals surface area contributed by atoms with Crippen LogP contribution in [0.1, 0.15) is 10.5 Å². The van der Waals surface area contributed by atoms with Crippen molar-refractivity contribution in [3.63, 3.8) is 0 Å². The van der Waals surface area contributed by atoms with Crippen LogP contribution in [0, 0.1) is 0 Å². The van der Waals surface area contributed by atoms with Crippen LogP contribution >= 0.6 is 0 Å². The molecule has 1 saturated heterocycles. The number of aliphatic carboxylic acids is 1. The third-order valence-electron chi connectivity index (χ3n) is 3.36. The van der Waals surface area contributed by atoms with Gasteiger partial charge >= 0.3 is 5.97 Å². The molecule has 1 aromatic carbocycles. The number of carbonyl (C=O) groups excluding carboxylic acids is 1. The number of carbonyl (C=O) groups is 2. The number of aromatic nitrogens is 3. The van der Waals surface area contributed by atoms with Gasteiger partial charge in [0.2, 0.25) is 0 Å². The third kappa shape index (κ3) is 2.82. The van der Waals surface area contributed by atoms with Gasteiger partial charge in [0.1, 0.15) is 0 Å². The number of amides is 1. The molecule has 2 heterocycles. The predicted molar refractivity (Wildman–Crippen MR) is 74.6 cm³/mol. The highest BCUT2D eigenvalue weighted by Gasteiger charge is 2.30. The van der Waals surface area contributed by atoms with Crippen LogP contribution in [0.25, 0.3) is 5.69 Å². The number of benzene rings is 1. The monoisotopic (exact) mass is 302 g/mol. The predicted octanol–water partition coefficient (Wildman–Crippen LogP) is 0.193. The van der Waals surface area contributed by atoms with E-state index < -0.39 is 12.1 Å². The summed E-state index contributed by atoms with van der Waals surface area (Å²) in [6, 6.07) is 9.29. The maximum atomic E-state index is 12.4. The number of morpholine rings is 1. The molecule has 0 bridgehead atoms. The summed E-state index contributed by atoms with van der Waals surface area (Å²) in [7, 11) is 0. The molecule has 1 N–H and O–H groups in total. The average molecular weight is 302 g/mol. The second-order valence-electron chi connectivity index (χ2n) is 4.83. The molecule has 22 heavy (non-hydrogen) atoms. The Morgan fingerprint density at radius 1 is 1.27 bits per heavy atom. The normalized spacial score (nSPS) is 18.2. The van der Waals surface area contributed by atoms with Crippen molar-refractivity contribution in [2.24, 2.45) is 0 Å². The fourth-order valence-corrected chi connectivity index (χ4v) is 2.21. The standard InChI is InChI=1S/C14H14N4O4/c19-13(17-6-7-22-12(9-17)14(20)21)11-8-18(16-15-11)10-4-2-1-3-5-10/h1-5,8,12H,6-7,9H2,(H,20,21)/t12-/m1/s1. The van der Waals surface area contributed by atoms with Crippen molar-refractivity contribution >= 4 is 11.9 Å². The Bertz CT molecular complexity index is 685. The van der Waals surface area contributed by atoms with Gasteiger partial charge in [-0.3, -0.25) is 4.79 Å². The van der Waals surface area contributed by atoms with Crippen LogP contribution < -0.4 is 0 Å². The van der Waals surface area contributed by atoms with Crippen molar-refractivity contribution in [3.8, 4) is 5.69 Å². The van der Waals surface area contributed by atoms with E-state index in [2.05, 4.69) is 10.3 Å². The summed E-state index contributed by atoms with van der Waals surface area (Å²) >= 11 is 0. The van der Waals surface area contributed by atoms with Crippen molar-refractivity contribution in [1.29, 1.82) is 0 Å². The number of rotatable bonds is 3. The molecule has 0 unspecified atom stereocenters. The smallest absolute Gasteiger partial charge is 0.334 e. The lowest BCUT2D eigenvalue weighted by atomic mass is 10.2. The van der Waals surface area contributed by atoms with Crippen molar-refractivity contribution in [1.82, 2.24) is 19.9 Å². The molecule has 0 aliphatic carbocycles. The largest absolute Gasteiger partial charge is 0.479 e. The minimum Gasteiger partial charge on any atom is -0.479 e. The minimum absolute atomic E-state index is 0.00631. The lowest BCUT2D eigenvalue weighted by molar-refractivity contribution is -0.154. The number of ether oxygens (including phenoxy) is 1. The van der Waals surface area contributed by atoms with Gasteiger partial charge in [-0.25, -0.2) is 9.48 Å². The van der Waals surface area contributed by atoms with Crippen LogP contribution in [0.3, 0.4) is 0 Å². The topological polar surface area (TPSA) is 97.6 Å². The zero-order chi connectivity index (χ0) is 15.5. The van der Waals surface area contributed by atoms with Gasteiger partial charge in [0.25, 0.3) is 5.91 Å². The Morgan fingerprint density at radius 3 is 2.77 bits per heavy atom. The third-order valence-corrected chi connectivity index (χ3v) is 3.36. The molecule has 0 spiro atoms. The molecule has 1 amide bonds. The molecule has 0 saturated carbocycles. The summed E-state index contributed by atoms with van der Waals surface area (Å²) in [4.78, 5) is 24.7. The fraction of sp³-hybridized carbons (Fsp3) is 0.286. The number of nitrogens with zero attached hydrogens (tertiary/aromatic N) is 4. The maximum absolute atomic E-state index is 12.4. The molecule has 8 heteroatoms. The van der Waals surface area contributed by atoms with Crippen molar-refractivity contribution in [3.05, 3.63) is 42.2 Å². The van der Waals surface area contributed by atoms with E-state index in [4.69, 9.17) is 9.84 Å². The molecule has 3 rings (SSSR count). The maximum Gasteiger partial charge on any atom is 0.334 e. The van der Waals surface area contributed by atoms with Gasteiger partial charge in [-0.05, 0) is 12.1 Å². The zero-order valence-electron chi connectivity index (χ0n) is 11.6. The summed E-state index contributed by atoms with van der Waals surface area (Å²) in [5, 5.41) is 16.8. The quantitative estimate of drug-likeness (QED) is 0.869. The number of hydrogen-bond donors (Lipinski definition) is 1. The first-order valence-electron chi connectivity index (χ1n) is 6.76. The molecular formula is C14H14N4O4. The van der Waals surface area contributed by atoms with Crippen LogP contribution in [-0.4, -0.2) is 62.7 Å². The molecular weight excluding hydrogens is 288 g/mol. The van der Waals surface area contributed by atoms with Gasteiger partial charge in [0, 0.05) is 6.54 Å². The molecule has 1 aliphatic rings. The lowest BCUT2D eigenvalue weighted by Crippen LogP contribution is -2.48. The van der Waals surface area contributed by atoms with Gasteiger partial charge in [0.05, 0.1) is 25.0 Å². The fourth-order valence-electron chi connectivity index (χ4n) is 2.21. The Kier molecular flexibility index (Phi) is 3.84. The van der Waals surface area contributed by atoms with Crippen LogP contribution in [0.2, 0.25) is 0 Å². The number of hydrogen-bond acceptors (Lipinski definition) is 5. The highest BCUT2D eigenvalue weighted by molar-refractivity contribution is 5.92. The first kappa shape index (κ1) is 14.2. The molecule has 0 radical (unpaired) electrons. The van der Waals surface area contributed by atoms with E-state index in [1.807, 2.05) is 30.3 Å². The molecule has 8 nitrogen and oxygen atoms in total. The Labute approximate surface area is 125 Å². The summed E-state index contributed by atoms with van der Waals surface area (Å²) in [6.45, 7) is 0.530. The van der Waals surface area contributed by atoms with E-state index in [0.29, 0.717) is 6.54 Å². The number of para-hydroxylation sites is 1. The van der Waals surface area contributed by atoms with E-state index in [9.17, 15) is 9.59 Å². The van der Waals surface area contributed by atoms with Gasteiger partial charge in [-0.2, -0.15) is 0 Å². The zero-order valence-corrected chi connectivity index (χ0v) is 11.6. The molecule has 1 aliphatic heterocycles. The molecule has 1 atom stereocenters. The molecule has 1 fully saturated rings. The summed E-state index contributed by atoms with van der Waals surface area (Å²) in [5.74, 6) is -1.43. The second kappa shape index (κ2) is 5.94. The summed E-state index contributed by atoms with van der Waals surface area (Å²) < 4.78 is 6.60. The van der Waals surface area contributed by atoms with Crippen LogP contribution in [-0.2, 0) is 9.53 Å². The molecule has 114 valence electrons. The van der Waals surface area contributed by atoms with E-state index >= 15 is 0 Å². The van der Waals surface area contributed by atoms with E-state index in [0.717, 1.165) is 5.69 Å². The molecule has 2 aromatic rings. The first-order chi connectivity index (χ1) is 10.6. The van der Waals surface area contributed by atoms with Gasteiger partial charge < -0.3 is 14.7 Å². The Balaban J connectivity index is 1.76. The van der Waals surface area contributed by atoms with E-state index in [-0.39, 0.29) is 24.8 Å². The Hall–Kier alpha value is -2.74. The summed E-state index contributed by atoms with van der Waals surface area (Å²) in [6.07, 6.45) is 0.532. The highest BCUT2D eigenvalue weighted by atomic mass is 16.5. The van der Waals surface area contributed by atoms with Crippen molar-refractivity contribution in [2.75, 3.05) is 19.7 Å². The lowest BCUT2D eigenvalue weighted by Gasteiger charge is -2.30. The molecule has 1 aromatic heterocycles.